The molecule has 0 aliphatic rings. The number of anilines is 2. The molecular weight excluding hydrogens is 220 g/mol. The maximum atomic E-state index is 11.4. The maximum absolute atomic E-state index is 11.4. The average Bonchev–Trinajstić information content (AvgIpc) is 2.09. The number of hydrogen-bond acceptors (Lipinski definition) is 4. The second-order valence-corrected chi connectivity index (χ2v) is 3.04. The summed E-state index contributed by atoms with van der Waals surface area (Å²) in [6.07, 6.45) is 0. The van der Waals surface area contributed by atoms with E-state index in [2.05, 4.69) is 9.98 Å². The molecule has 0 atom stereocenters. The van der Waals surface area contributed by atoms with E-state index in [0.29, 0.717) is 0 Å². The molecule has 0 aromatic carbocycles. The summed E-state index contributed by atoms with van der Waals surface area (Å²) in [4.78, 5) is 18.3. The molecule has 0 aliphatic carbocycles. The van der Waals surface area contributed by atoms with Crippen LogP contribution in [0.15, 0.2) is 11.1 Å². The monoisotopic (exact) mass is 228 g/mol. The van der Waals surface area contributed by atoms with Crippen LogP contribution in [0.2, 0.25) is 5.02 Å². The Morgan fingerprint density at radius 3 is 2.47 bits per heavy atom. The van der Waals surface area contributed by atoms with Gasteiger partial charge in [0.15, 0.2) is 5.96 Å². The minimum atomic E-state index is -0.720. The standard InChI is InChI=1S/C7H9ClN6O/c8-3-1-2(4(9)13-5(3)10)6(15)14-7(11)12/h1H,(H4,9,10,13)(H4,11,12,14,15). The molecule has 0 bridgehead atoms. The van der Waals surface area contributed by atoms with Crippen molar-refractivity contribution in [1.29, 1.82) is 0 Å². The first-order valence-corrected chi connectivity index (χ1v) is 4.15. The number of aromatic nitrogens is 1. The van der Waals surface area contributed by atoms with Gasteiger partial charge in [-0.05, 0) is 6.07 Å². The van der Waals surface area contributed by atoms with E-state index in [1.807, 2.05) is 0 Å². The van der Waals surface area contributed by atoms with Crippen molar-refractivity contribution in [3.05, 3.63) is 16.7 Å². The Balaban J connectivity index is 3.21. The summed E-state index contributed by atoms with van der Waals surface area (Å²) < 4.78 is 0. The van der Waals surface area contributed by atoms with Crippen molar-refractivity contribution in [3.8, 4) is 0 Å². The summed E-state index contributed by atoms with van der Waals surface area (Å²) in [5.41, 5.74) is 20.9. The summed E-state index contributed by atoms with van der Waals surface area (Å²) in [5.74, 6) is -1.13. The number of pyridine rings is 1. The minimum absolute atomic E-state index is 0.00241. The van der Waals surface area contributed by atoms with E-state index in [1.165, 1.54) is 6.07 Å². The molecule has 0 unspecified atom stereocenters. The fraction of sp³-hybridized carbons (Fsp3) is 0. The lowest BCUT2D eigenvalue weighted by molar-refractivity contribution is 0.100. The van der Waals surface area contributed by atoms with E-state index < -0.39 is 5.91 Å². The van der Waals surface area contributed by atoms with Gasteiger partial charge in [0.25, 0.3) is 5.91 Å². The smallest absolute Gasteiger partial charge is 0.283 e. The van der Waals surface area contributed by atoms with E-state index in [4.69, 9.17) is 34.5 Å². The molecule has 7 nitrogen and oxygen atoms in total. The Kier molecular flexibility index (Phi) is 2.96. The summed E-state index contributed by atoms with van der Waals surface area (Å²) in [6.45, 7) is 0. The molecule has 1 rings (SSSR count). The number of halogens is 1. The Bertz CT molecular complexity index is 439. The summed E-state index contributed by atoms with van der Waals surface area (Å²) >= 11 is 5.66. The summed E-state index contributed by atoms with van der Waals surface area (Å²) in [7, 11) is 0. The molecular formula is C7H9ClN6O. The molecule has 0 spiro atoms. The lowest BCUT2D eigenvalue weighted by Crippen LogP contribution is -2.24. The lowest BCUT2D eigenvalue weighted by atomic mass is 10.2. The van der Waals surface area contributed by atoms with E-state index in [0.717, 1.165) is 0 Å². The molecule has 1 aromatic heterocycles. The van der Waals surface area contributed by atoms with Crippen LogP contribution in [0.5, 0.6) is 0 Å². The molecule has 0 aliphatic heterocycles. The molecule has 15 heavy (non-hydrogen) atoms. The molecule has 8 N–H and O–H groups in total. The van der Waals surface area contributed by atoms with Crippen LogP contribution in [0.1, 0.15) is 10.4 Å². The van der Waals surface area contributed by atoms with Gasteiger partial charge in [-0.15, -0.1) is 0 Å². The van der Waals surface area contributed by atoms with Crippen molar-refractivity contribution in [2.24, 2.45) is 16.5 Å². The largest absolute Gasteiger partial charge is 0.383 e. The van der Waals surface area contributed by atoms with Crippen LogP contribution in [0, 0.1) is 0 Å². The molecule has 1 aromatic rings. The molecule has 0 saturated heterocycles. The van der Waals surface area contributed by atoms with Crippen molar-refractivity contribution >= 4 is 35.1 Å². The summed E-state index contributed by atoms with van der Waals surface area (Å²) in [5, 5.41) is 0.110. The second-order valence-electron chi connectivity index (χ2n) is 2.63. The molecule has 8 heteroatoms. The third kappa shape index (κ3) is 2.47. The van der Waals surface area contributed by atoms with E-state index in [-0.39, 0.29) is 28.2 Å². The third-order valence-electron chi connectivity index (χ3n) is 1.49. The van der Waals surface area contributed by atoms with Gasteiger partial charge in [0.1, 0.15) is 11.6 Å². The first kappa shape index (κ1) is 11.1. The fourth-order valence-electron chi connectivity index (χ4n) is 0.867. The van der Waals surface area contributed by atoms with Gasteiger partial charge in [-0.2, -0.15) is 4.99 Å². The summed E-state index contributed by atoms with van der Waals surface area (Å²) in [6, 6.07) is 1.26. The highest BCUT2D eigenvalue weighted by Crippen LogP contribution is 2.22. The SMILES string of the molecule is NC(N)=NC(=O)c1cc(Cl)c(N)nc1N. The van der Waals surface area contributed by atoms with Gasteiger partial charge < -0.3 is 22.9 Å². The molecule has 0 saturated carbocycles. The van der Waals surface area contributed by atoms with Crippen LogP contribution in [0.25, 0.3) is 0 Å². The minimum Gasteiger partial charge on any atom is -0.383 e. The zero-order chi connectivity index (χ0) is 11.6. The van der Waals surface area contributed by atoms with Gasteiger partial charge >= 0.3 is 0 Å². The Morgan fingerprint density at radius 2 is 1.93 bits per heavy atom. The van der Waals surface area contributed by atoms with Crippen LogP contribution in [-0.2, 0) is 0 Å². The highest BCUT2D eigenvalue weighted by molar-refractivity contribution is 6.33. The Hall–Kier alpha value is -2.02. The molecule has 0 radical (unpaired) electrons. The maximum Gasteiger partial charge on any atom is 0.283 e. The Morgan fingerprint density at radius 1 is 1.33 bits per heavy atom. The topological polar surface area (TPSA) is 146 Å². The van der Waals surface area contributed by atoms with Crippen molar-refractivity contribution in [2.75, 3.05) is 11.5 Å². The van der Waals surface area contributed by atoms with Gasteiger partial charge in [-0.25, -0.2) is 4.98 Å². The highest BCUT2D eigenvalue weighted by Gasteiger charge is 2.13. The van der Waals surface area contributed by atoms with Gasteiger partial charge in [-0.3, -0.25) is 4.79 Å². The van der Waals surface area contributed by atoms with E-state index in [1.54, 1.807) is 0 Å². The van der Waals surface area contributed by atoms with Crippen LogP contribution in [0.4, 0.5) is 11.6 Å². The van der Waals surface area contributed by atoms with Gasteiger partial charge in [0.2, 0.25) is 0 Å². The van der Waals surface area contributed by atoms with Crippen LogP contribution >= 0.6 is 11.6 Å². The lowest BCUT2D eigenvalue weighted by Gasteiger charge is -2.03. The second kappa shape index (κ2) is 4.01. The number of amides is 1. The number of carbonyl (C=O) groups is 1. The molecule has 80 valence electrons. The number of guanidine groups is 1. The molecule has 0 fully saturated rings. The number of nitrogens with zero attached hydrogens (tertiary/aromatic N) is 2. The first-order valence-electron chi connectivity index (χ1n) is 3.77. The predicted octanol–water partition coefficient (Wildman–Crippen LogP) is -0.687. The zero-order valence-electron chi connectivity index (χ0n) is 7.57. The number of aliphatic imine (C=N–C) groups is 1. The third-order valence-corrected chi connectivity index (χ3v) is 1.80. The quantitative estimate of drug-likeness (QED) is 0.370. The van der Waals surface area contributed by atoms with Crippen molar-refractivity contribution in [1.82, 2.24) is 4.98 Å². The van der Waals surface area contributed by atoms with Gasteiger partial charge in [0.05, 0.1) is 10.6 Å². The van der Waals surface area contributed by atoms with Crippen LogP contribution < -0.4 is 22.9 Å². The Labute approximate surface area is 90.1 Å². The first-order chi connectivity index (χ1) is 6.91. The number of nitrogens with two attached hydrogens (primary N) is 4. The average molecular weight is 229 g/mol. The van der Waals surface area contributed by atoms with Crippen molar-refractivity contribution in [3.63, 3.8) is 0 Å². The van der Waals surface area contributed by atoms with Gasteiger partial charge in [0, 0.05) is 0 Å². The van der Waals surface area contributed by atoms with Crippen molar-refractivity contribution < 1.29 is 4.79 Å². The van der Waals surface area contributed by atoms with E-state index >= 15 is 0 Å². The number of nitrogen functional groups attached to an aromatic ring is 2. The molecule has 1 heterocycles. The van der Waals surface area contributed by atoms with Crippen LogP contribution in [0.3, 0.4) is 0 Å². The van der Waals surface area contributed by atoms with Crippen LogP contribution in [-0.4, -0.2) is 16.9 Å². The molecule has 1 amide bonds. The van der Waals surface area contributed by atoms with E-state index in [9.17, 15) is 4.79 Å². The number of carbonyl (C=O) groups excluding carboxylic acids is 1. The fourth-order valence-corrected chi connectivity index (χ4v) is 1.02. The highest BCUT2D eigenvalue weighted by atomic mass is 35.5. The van der Waals surface area contributed by atoms with Crippen molar-refractivity contribution in [2.45, 2.75) is 0 Å². The van der Waals surface area contributed by atoms with Gasteiger partial charge in [-0.1, -0.05) is 11.6 Å². The normalized spacial score (nSPS) is 9.67. The zero-order valence-corrected chi connectivity index (χ0v) is 8.32. The number of rotatable bonds is 1. The number of hydrogen-bond donors (Lipinski definition) is 4. The predicted molar refractivity (Wildman–Crippen MR) is 58.2 cm³/mol.